The summed E-state index contributed by atoms with van der Waals surface area (Å²) in [6.07, 6.45) is 11.5. The average molecular weight is 258 g/mol. The molecule has 1 atom stereocenters. The van der Waals surface area contributed by atoms with Gasteiger partial charge in [-0.15, -0.1) is 0 Å². The van der Waals surface area contributed by atoms with Crippen LogP contribution in [-0.4, -0.2) is 23.7 Å². The molecule has 2 N–H and O–H groups in total. The summed E-state index contributed by atoms with van der Waals surface area (Å²) in [6, 6.07) is 6.21. The van der Waals surface area contributed by atoms with E-state index >= 15 is 0 Å². The molecule has 0 radical (unpaired) electrons. The maximum Gasteiger partial charge on any atom is 0.0760 e. The fourth-order valence-corrected chi connectivity index (χ4v) is 3.67. The van der Waals surface area contributed by atoms with Gasteiger partial charge in [0.05, 0.1) is 5.60 Å². The number of hydrogen-bond donors (Lipinski definition) is 1. The van der Waals surface area contributed by atoms with Crippen LogP contribution >= 0.6 is 0 Å². The highest BCUT2D eigenvalue weighted by molar-refractivity contribution is 5.22. The van der Waals surface area contributed by atoms with Crippen molar-refractivity contribution in [2.24, 2.45) is 5.73 Å². The molecule has 2 heterocycles. The lowest BCUT2D eigenvalue weighted by molar-refractivity contribution is -0.100. The molecule has 0 unspecified atom stereocenters. The van der Waals surface area contributed by atoms with E-state index in [2.05, 4.69) is 29.3 Å². The van der Waals surface area contributed by atoms with Crippen molar-refractivity contribution in [1.82, 2.24) is 4.98 Å². The second kappa shape index (κ2) is 5.06. The Morgan fingerprint density at radius 3 is 2.79 bits per heavy atom. The summed E-state index contributed by atoms with van der Waals surface area (Å²) in [4.78, 5) is 4.62. The molecule has 1 aromatic heterocycles. The minimum atomic E-state index is 0.00490. The Kier molecular flexibility index (Phi) is 3.42. The van der Waals surface area contributed by atoms with Crippen LogP contribution in [-0.2, 0) is 10.2 Å². The molecule has 1 spiro atoms. The maximum atomic E-state index is 6.12. The van der Waals surface area contributed by atoms with E-state index in [4.69, 9.17) is 10.5 Å². The van der Waals surface area contributed by atoms with Crippen LogP contribution in [0.2, 0.25) is 0 Å². The van der Waals surface area contributed by atoms with E-state index in [-0.39, 0.29) is 11.0 Å². The van der Waals surface area contributed by atoms with E-state index in [1.54, 1.807) is 0 Å². The predicted molar refractivity (Wildman–Crippen MR) is 75.9 cm³/mol. The molecule has 1 aromatic rings. The van der Waals surface area contributed by atoms with Crippen LogP contribution in [0.3, 0.4) is 0 Å². The summed E-state index contributed by atoms with van der Waals surface area (Å²) < 4.78 is 6.12. The smallest absolute Gasteiger partial charge is 0.0760 e. The van der Waals surface area contributed by atoms with Gasteiger partial charge in [-0.25, -0.2) is 0 Å². The minimum Gasteiger partial charge on any atom is -0.374 e. The highest BCUT2D eigenvalue weighted by Gasteiger charge is 2.47. The van der Waals surface area contributed by atoms with E-state index in [9.17, 15) is 0 Å². The molecule has 0 aromatic carbocycles. The first-order valence-electron chi connectivity index (χ1n) is 7.19. The molecule has 1 saturated heterocycles. The highest BCUT2D eigenvalue weighted by atomic mass is 16.5. The van der Waals surface area contributed by atoms with Gasteiger partial charge in [0.15, 0.2) is 0 Å². The summed E-state index contributed by atoms with van der Waals surface area (Å²) in [6.45, 7) is 1.53. The number of ether oxygens (including phenoxy) is 1. The molecule has 19 heavy (non-hydrogen) atoms. The Balaban J connectivity index is 1.92. The van der Waals surface area contributed by atoms with Crippen molar-refractivity contribution >= 4 is 0 Å². The first-order valence-corrected chi connectivity index (χ1v) is 7.19. The molecule has 3 nitrogen and oxygen atoms in total. The third-order valence-corrected chi connectivity index (χ3v) is 4.63. The third kappa shape index (κ3) is 2.33. The van der Waals surface area contributed by atoms with E-state index in [0.717, 1.165) is 38.7 Å². The Morgan fingerprint density at radius 2 is 2.11 bits per heavy atom. The number of nitrogens with two attached hydrogens (primary N) is 1. The monoisotopic (exact) mass is 258 g/mol. The molecule has 2 aliphatic rings. The molecule has 3 rings (SSSR count). The van der Waals surface area contributed by atoms with Gasteiger partial charge in [0, 0.05) is 23.9 Å². The van der Waals surface area contributed by atoms with Crippen LogP contribution in [0.4, 0.5) is 0 Å². The maximum absolute atomic E-state index is 6.12. The van der Waals surface area contributed by atoms with Gasteiger partial charge >= 0.3 is 0 Å². The molecule has 102 valence electrons. The van der Waals surface area contributed by atoms with Gasteiger partial charge in [0.1, 0.15) is 0 Å². The molecule has 1 aliphatic heterocycles. The molecule has 0 bridgehead atoms. The fraction of sp³-hybridized carbons (Fsp3) is 0.562. The Morgan fingerprint density at radius 1 is 1.26 bits per heavy atom. The zero-order chi connectivity index (χ0) is 13.2. The minimum absolute atomic E-state index is 0.00490. The van der Waals surface area contributed by atoms with E-state index in [1.165, 1.54) is 5.69 Å². The van der Waals surface area contributed by atoms with Crippen LogP contribution in [0.5, 0.6) is 0 Å². The molecular weight excluding hydrogens is 236 g/mol. The number of aromatic nitrogens is 1. The Hall–Kier alpha value is -1.19. The van der Waals surface area contributed by atoms with Crippen molar-refractivity contribution in [3.63, 3.8) is 0 Å². The van der Waals surface area contributed by atoms with Crippen molar-refractivity contribution in [1.29, 1.82) is 0 Å². The van der Waals surface area contributed by atoms with Crippen molar-refractivity contribution < 1.29 is 4.74 Å². The second-order valence-electron chi connectivity index (χ2n) is 5.87. The molecule has 1 fully saturated rings. The van der Waals surface area contributed by atoms with Crippen molar-refractivity contribution in [2.75, 3.05) is 13.2 Å². The first-order chi connectivity index (χ1) is 9.29. The van der Waals surface area contributed by atoms with Crippen LogP contribution in [0, 0.1) is 0 Å². The average Bonchev–Trinajstić information content (AvgIpc) is 2.88. The summed E-state index contributed by atoms with van der Waals surface area (Å²) in [7, 11) is 0. The number of pyridine rings is 1. The summed E-state index contributed by atoms with van der Waals surface area (Å²) >= 11 is 0. The van der Waals surface area contributed by atoms with Gasteiger partial charge in [-0.05, 0) is 50.8 Å². The van der Waals surface area contributed by atoms with Gasteiger partial charge in [0.25, 0.3) is 0 Å². The van der Waals surface area contributed by atoms with Gasteiger partial charge in [-0.3, -0.25) is 4.98 Å². The topological polar surface area (TPSA) is 48.1 Å². The summed E-state index contributed by atoms with van der Waals surface area (Å²) in [5, 5.41) is 0. The van der Waals surface area contributed by atoms with Gasteiger partial charge in [0.2, 0.25) is 0 Å². The molecule has 0 amide bonds. The number of nitrogens with zero attached hydrogens (tertiary/aromatic N) is 1. The van der Waals surface area contributed by atoms with Gasteiger partial charge in [-0.2, -0.15) is 0 Å². The second-order valence-corrected chi connectivity index (χ2v) is 5.87. The van der Waals surface area contributed by atoms with Gasteiger partial charge < -0.3 is 10.5 Å². The van der Waals surface area contributed by atoms with Crippen molar-refractivity contribution in [3.05, 3.63) is 42.2 Å². The molecule has 3 heteroatoms. The van der Waals surface area contributed by atoms with E-state index in [0.29, 0.717) is 6.54 Å². The summed E-state index contributed by atoms with van der Waals surface area (Å²) in [5.74, 6) is 0. The Bertz CT molecular complexity index is 445. The lowest BCUT2D eigenvalue weighted by atomic mass is 9.68. The van der Waals surface area contributed by atoms with Gasteiger partial charge in [-0.1, -0.05) is 18.2 Å². The van der Waals surface area contributed by atoms with E-state index in [1.807, 2.05) is 12.3 Å². The molecule has 0 saturated carbocycles. The first kappa shape index (κ1) is 12.8. The standard InChI is InChI=1S/C16H22N2O/c17-10-8-15(14-5-1-4-11-18-14)9-12-19-16(13-15)6-2-3-7-16/h1-5,11H,6-10,12-13,17H2/t15-/m1/s1. The van der Waals surface area contributed by atoms with Crippen molar-refractivity contribution in [3.8, 4) is 0 Å². The Labute approximate surface area is 114 Å². The van der Waals surface area contributed by atoms with Crippen LogP contribution in [0.15, 0.2) is 36.5 Å². The van der Waals surface area contributed by atoms with Crippen LogP contribution in [0.1, 0.15) is 37.8 Å². The normalized spacial score (nSPS) is 28.9. The highest BCUT2D eigenvalue weighted by Crippen LogP contribution is 2.47. The fourth-order valence-electron chi connectivity index (χ4n) is 3.67. The third-order valence-electron chi connectivity index (χ3n) is 4.63. The predicted octanol–water partition coefficient (Wildman–Crippen LogP) is 2.57. The lowest BCUT2D eigenvalue weighted by Gasteiger charge is -2.46. The van der Waals surface area contributed by atoms with Crippen LogP contribution < -0.4 is 5.73 Å². The quantitative estimate of drug-likeness (QED) is 0.848. The summed E-state index contributed by atoms with van der Waals surface area (Å²) in [5.41, 5.74) is 7.18. The number of rotatable bonds is 3. The van der Waals surface area contributed by atoms with Crippen LogP contribution in [0.25, 0.3) is 0 Å². The largest absolute Gasteiger partial charge is 0.374 e. The zero-order valence-electron chi connectivity index (χ0n) is 11.3. The molecule has 1 aliphatic carbocycles. The molecular formula is C16H22N2O. The van der Waals surface area contributed by atoms with E-state index < -0.39 is 0 Å². The lowest BCUT2D eigenvalue weighted by Crippen LogP contribution is -2.47. The SMILES string of the molecule is NCC[C@@]1(c2ccccn2)CCOC2(CC=CC2)C1. The zero-order valence-corrected chi connectivity index (χ0v) is 11.3. The number of hydrogen-bond acceptors (Lipinski definition) is 3. The van der Waals surface area contributed by atoms with Crippen molar-refractivity contribution in [2.45, 2.75) is 43.1 Å².